The van der Waals surface area contributed by atoms with Crippen LogP contribution in [0.25, 0.3) is 0 Å². The highest BCUT2D eigenvalue weighted by Gasteiger charge is 2.54. The van der Waals surface area contributed by atoms with Crippen LogP contribution in [0.1, 0.15) is 12.0 Å². The lowest BCUT2D eigenvalue weighted by molar-refractivity contribution is 0.0713. The Morgan fingerprint density at radius 1 is 1.39 bits per heavy atom. The average Bonchev–Trinajstić information content (AvgIpc) is 3.09. The predicted octanol–water partition coefficient (Wildman–Crippen LogP) is 1.64. The zero-order valence-corrected chi connectivity index (χ0v) is 10.2. The maximum absolute atomic E-state index is 11.9. The van der Waals surface area contributed by atoms with Crippen molar-refractivity contribution in [1.82, 2.24) is 4.90 Å². The predicted molar refractivity (Wildman–Crippen MR) is 65.8 cm³/mol. The van der Waals surface area contributed by atoms with Crippen molar-refractivity contribution in [1.29, 1.82) is 0 Å². The van der Waals surface area contributed by atoms with Gasteiger partial charge in [0.15, 0.2) is 0 Å². The first kappa shape index (κ1) is 11.5. The van der Waals surface area contributed by atoms with Crippen LogP contribution in [0, 0.1) is 11.8 Å². The SMILES string of the molecule is O=C(OCc1ccccc1)N1CC2C[C@@H]2[C@H]1CO. The fraction of sp³-hybridized carbons (Fsp3) is 0.500. The van der Waals surface area contributed by atoms with Gasteiger partial charge in [-0.2, -0.15) is 0 Å². The number of ether oxygens (including phenoxy) is 1. The summed E-state index contributed by atoms with van der Waals surface area (Å²) in [7, 11) is 0. The number of nitrogens with zero attached hydrogens (tertiary/aromatic N) is 1. The molecule has 18 heavy (non-hydrogen) atoms. The quantitative estimate of drug-likeness (QED) is 0.883. The number of benzene rings is 1. The zero-order valence-electron chi connectivity index (χ0n) is 10.2. The maximum Gasteiger partial charge on any atom is 0.410 e. The molecule has 1 amide bonds. The highest BCUT2D eigenvalue weighted by atomic mass is 16.6. The third-order valence-electron chi connectivity index (χ3n) is 3.93. The normalized spacial score (nSPS) is 28.9. The summed E-state index contributed by atoms with van der Waals surface area (Å²) in [6.07, 6.45) is 0.846. The number of aliphatic hydroxyl groups is 1. The number of carbonyl (C=O) groups is 1. The van der Waals surface area contributed by atoms with Crippen molar-refractivity contribution in [3.63, 3.8) is 0 Å². The second kappa shape index (κ2) is 4.61. The Morgan fingerprint density at radius 3 is 2.89 bits per heavy atom. The lowest BCUT2D eigenvalue weighted by Crippen LogP contribution is -2.40. The highest BCUT2D eigenvalue weighted by molar-refractivity contribution is 5.69. The molecule has 0 spiro atoms. The van der Waals surface area contributed by atoms with E-state index in [4.69, 9.17) is 4.74 Å². The summed E-state index contributed by atoms with van der Waals surface area (Å²) in [6, 6.07) is 9.60. The van der Waals surface area contributed by atoms with Gasteiger partial charge in [-0.25, -0.2) is 4.79 Å². The highest BCUT2D eigenvalue weighted by Crippen LogP contribution is 2.49. The Hall–Kier alpha value is -1.55. The van der Waals surface area contributed by atoms with Gasteiger partial charge in [-0.1, -0.05) is 30.3 Å². The van der Waals surface area contributed by atoms with Crippen molar-refractivity contribution < 1.29 is 14.6 Å². The van der Waals surface area contributed by atoms with E-state index in [1.165, 1.54) is 0 Å². The molecule has 1 aliphatic carbocycles. The van der Waals surface area contributed by atoms with Crippen LogP contribution in [0.15, 0.2) is 30.3 Å². The first-order chi connectivity index (χ1) is 8.79. The number of amides is 1. The third kappa shape index (κ3) is 2.08. The summed E-state index contributed by atoms with van der Waals surface area (Å²) < 4.78 is 5.29. The van der Waals surface area contributed by atoms with Crippen LogP contribution in [0.3, 0.4) is 0 Å². The number of fused-ring (bicyclic) bond motifs is 1. The summed E-state index contributed by atoms with van der Waals surface area (Å²) in [5.41, 5.74) is 0.982. The van der Waals surface area contributed by atoms with Gasteiger partial charge in [0.1, 0.15) is 6.61 Å². The van der Waals surface area contributed by atoms with Crippen molar-refractivity contribution in [2.24, 2.45) is 11.8 Å². The molecule has 4 nitrogen and oxygen atoms in total. The number of piperidine rings is 1. The lowest BCUT2D eigenvalue weighted by atomic mass is 10.2. The van der Waals surface area contributed by atoms with Crippen molar-refractivity contribution >= 4 is 6.09 Å². The smallest absolute Gasteiger partial charge is 0.410 e. The molecule has 96 valence electrons. The summed E-state index contributed by atoms with van der Waals surface area (Å²) >= 11 is 0. The molecule has 0 aromatic heterocycles. The summed E-state index contributed by atoms with van der Waals surface area (Å²) in [4.78, 5) is 13.6. The Labute approximate surface area is 106 Å². The summed E-state index contributed by atoms with van der Waals surface area (Å²) in [5.74, 6) is 1.09. The Kier molecular flexibility index (Phi) is 2.96. The van der Waals surface area contributed by atoms with E-state index in [0.717, 1.165) is 18.5 Å². The van der Waals surface area contributed by atoms with E-state index in [-0.39, 0.29) is 18.7 Å². The molecule has 1 heterocycles. The maximum atomic E-state index is 11.9. The number of hydrogen-bond donors (Lipinski definition) is 1. The topological polar surface area (TPSA) is 49.8 Å². The minimum Gasteiger partial charge on any atom is -0.445 e. The first-order valence-electron chi connectivity index (χ1n) is 6.38. The fourth-order valence-electron chi connectivity index (χ4n) is 2.82. The van der Waals surface area contributed by atoms with Crippen LogP contribution in [0.4, 0.5) is 4.79 Å². The van der Waals surface area contributed by atoms with Crippen molar-refractivity contribution in [3.8, 4) is 0 Å². The van der Waals surface area contributed by atoms with Crippen LogP contribution in [-0.2, 0) is 11.3 Å². The van der Waals surface area contributed by atoms with E-state index in [0.29, 0.717) is 18.4 Å². The summed E-state index contributed by atoms with van der Waals surface area (Å²) in [6.45, 7) is 1.08. The Morgan fingerprint density at radius 2 is 2.17 bits per heavy atom. The van der Waals surface area contributed by atoms with Crippen molar-refractivity contribution in [2.45, 2.75) is 19.1 Å². The molecule has 3 rings (SSSR count). The van der Waals surface area contributed by atoms with Gasteiger partial charge < -0.3 is 14.7 Å². The van der Waals surface area contributed by atoms with Gasteiger partial charge in [0.25, 0.3) is 0 Å². The number of likely N-dealkylation sites (tertiary alicyclic amines) is 1. The molecular formula is C14H17NO3. The van der Waals surface area contributed by atoms with E-state index in [9.17, 15) is 9.90 Å². The van der Waals surface area contributed by atoms with Gasteiger partial charge in [0.2, 0.25) is 0 Å². The number of rotatable bonds is 3. The molecule has 1 aromatic carbocycles. The van der Waals surface area contributed by atoms with Gasteiger partial charge in [-0.05, 0) is 23.8 Å². The lowest BCUT2D eigenvalue weighted by Gasteiger charge is -2.25. The van der Waals surface area contributed by atoms with Crippen LogP contribution >= 0.6 is 0 Å². The van der Waals surface area contributed by atoms with Crippen molar-refractivity contribution in [2.75, 3.05) is 13.2 Å². The van der Waals surface area contributed by atoms with E-state index >= 15 is 0 Å². The summed E-state index contributed by atoms with van der Waals surface area (Å²) in [5, 5.41) is 9.32. The second-order valence-electron chi connectivity index (χ2n) is 5.10. The molecule has 1 N–H and O–H groups in total. The monoisotopic (exact) mass is 247 g/mol. The molecule has 1 unspecified atom stereocenters. The minimum absolute atomic E-state index is 0.0294. The molecule has 4 heteroatoms. The minimum atomic E-state index is -0.301. The van der Waals surface area contributed by atoms with E-state index in [1.54, 1.807) is 4.90 Å². The van der Waals surface area contributed by atoms with E-state index in [1.807, 2.05) is 30.3 Å². The Bertz CT molecular complexity index is 434. The molecule has 0 bridgehead atoms. The van der Waals surface area contributed by atoms with Crippen molar-refractivity contribution in [3.05, 3.63) is 35.9 Å². The van der Waals surface area contributed by atoms with Crippen LogP contribution in [0.2, 0.25) is 0 Å². The Balaban J connectivity index is 1.56. The third-order valence-corrected chi connectivity index (χ3v) is 3.93. The average molecular weight is 247 g/mol. The molecule has 3 atom stereocenters. The molecule has 1 aromatic rings. The number of hydrogen-bond acceptors (Lipinski definition) is 3. The van der Waals surface area contributed by atoms with Crippen LogP contribution in [-0.4, -0.2) is 35.3 Å². The second-order valence-corrected chi connectivity index (χ2v) is 5.10. The van der Waals surface area contributed by atoms with Gasteiger partial charge in [-0.3, -0.25) is 0 Å². The van der Waals surface area contributed by atoms with Gasteiger partial charge in [-0.15, -0.1) is 0 Å². The molecule has 2 aliphatic rings. The van der Waals surface area contributed by atoms with Crippen LogP contribution in [0.5, 0.6) is 0 Å². The van der Waals surface area contributed by atoms with E-state index in [2.05, 4.69) is 0 Å². The largest absolute Gasteiger partial charge is 0.445 e. The van der Waals surface area contributed by atoms with Gasteiger partial charge in [0, 0.05) is 6.54 Å². The molecule has 0 radical (unpaired) electrons. The van der Waals surface area contributed by atoms with Crippen LogP contribution < -0.4 is 0 Å². The number of carbonyl (C=O) groups excluding carboxylic acids is 1. The zero-order chi connectivity index (χ0) is 12.5. The molecule has 1 saturated heterocycles. The van der Waals surface area contributed by atoms with Gasteiger partial charge >= 0.3 is 6.09 Å². The number of aliphatic hydroxyl groups excluding tert-OH is 1. The molecular weight excluding hydrogens is 230 g/mol. The molecule has 1 saturated carbocycles. The first-order valence-corrected chi connectivity index (χ1v) is 6.38. The molecule has 1 aliphatic heterocycles. The molecule has 2 fully saturated rings. The standard InChI is InChI=1S/C14H17NO3/c16-8-13-12-6-11(12)7-15(13)14(17)18-9-10-4-2-1-3-5-10/h1-5,11-13,16H,6-9H2/t11?,12-,13+/m0/s1. The fourth-order valence-corrected chi connectivity index (χ4v) is 2.82. The van der Waals surface area contributed by atoms with E-state index < -0.39 is 0 Å². The van der Waals surface area contributed by atoms with Gasteiger partial charge in [0.05, 0.1) is 12.6 Å².